The van der Waals surface area contributed by atoms with Crippen LogP contribution < -0.4 is 10.2 Å². The third kappa shape index (κ3) is 5.11. The first kappa shape index (κ1) is 18.6. The fourth-order valence-corrected chi connectivity index (χ4v) is 2.41. The van der Waals surface area contributed by atoms with Gasteiger partial charge in [0.2, 0.25) is 0 Å². The number of amides is 1. The average Bonchev–Trinajstić information content (AvgIpc) is 3.14. The Hall–Kier alpha value is -2.76. The summed E-state index contributed by atoms with van der Waals surface area (Å²) in [5, 5.41) is 2.66. The highest BCUT2D eigenvalue weighted by Gasteiger charge is 2.19. The van der Waals surface area contributed by atoms with E-state index in [1.54, 1.807) is 31.2 Å². The minimum absolute atomic E-state index is 0.256. The van der Waals surface area contributed by atoms with Crippen LogP contribution in [0.4, 0.5) is 5.69 Å². The Morgan fingerprint density at radius 2 is 1.84 bits per heavy atom. The fourth-order valence-electron chi connectivity index (χ4n) is 2.41. The first-order chi connectivity index (χ1) is 12.0. The van der Waals surface area contributed by atoms with Crippen LogP contribution in [0.25, 0.3) is 0 Å². The molecule has 134 valence electrons. The molecular formula is C19H24N2O4. The van der Waals surface area contributed by atoms with Gasteiger partial charge in [-0.3, -0.25) is 4.79 Å². The average molecular weight is 344 g/mol. The second kappa shape index (κ2) is 8.92. The molecular weight excluding hydrogens is 320 g/mol. The third-order valence-corrected chi connectivity index (χ3v) is 3.90. The minimum Gasteiger partial charge on any atom is -0.467 e. The molecule has 1 heterocycles. The number of nitrogens with one attached hydrogen (secondary N) is 1. The third-order valence-electron chi connectivity index (χ3n) is 3.90. The summed E-state index contributed by atoms with van der Waals surface area (Å²) in [5.41, 5.74) is 1.47. The summed E-state index contributed by atoms with van der Waals surface area (Å²) >= 11 is 0. The van der Waals surface area contributed by atoms with Crippen LogP contribution in [0.5, 0.6) is 0 Å². The predicted molar refractivity (Wildman–Crippen MR) is 95.4 cm³/mol. The molecule has 6 heteroatoms. The number of hydrogen-bond donors (Lipinski definition) is 1. The standard InChI is InChI=1S/C19H24N2O4/c1-4-21(5-2)16-10-8-15(9-11-16)19(23)25-14(3)18(22)20-13-17-7-6-12-24-17/h6-12,14H,4-5,13H2,1-3H3,(H,20,22)/t14-/m1/s1. The topological polar surface area (TPSA) is 71.8 Å². The van der Waals surface area contributed by atoms with Crippen molar-refractivity contribution in [3.8, 4) is 0 Å². The van der Waals surface area contributed by atoms with Crippen molar-refractivity contribution in [1.29, 1.82) is 0 Å². The van der Waals surface area contributed by atoms with E-state index < -0.39 is 12.1 Å². The van der Waals surface area contributed by atoms with Crippen molar-refractivity contribution in [2.24, 2.45) is 0 Å². The maximum Gasteiger partial charge on any atom is 0.338 e. The van der Waals surface area contributed by atoms with Crippen molar-refractivity contribution in [2.75, 3.05) is 18.0 Å². The summed E-state index contributed by atoms with van der Waals surface area (Å²) in [6.07, 6.45) is 0.650. The lowest BCUT2D eigenvalue weighted by molar-refractivity contribution is -0.129. The Balaban J connectivity index is 1.88. The predicted octanol–water partition coefficient (Wildman–Crippen LogP) is 2.99. The normalized spacial score (nSPS) is 11.6. The fraction of sp³-hybridized carbons (Fsp3) is 0.368. The van der Waals surface area contributed by atoms with Crippen molar-refractivity contribution in [3.63, 3.8) is 0 Å². The van der Waals surface area contributed by atoms with E-state index in [-0.39, 0.29) is 12.5 Å². The van der Waals surface area contributed by atoms with E-state index in [9.17, 15) is 9.59 Å². The van der Waals surface area contributed by atoms with Crippen LogP contribution in [0.15, 0.2) is 47.1 Å². The molecule has 0 saturated heterocycles. The van der Waals surface area contributed by atoms with Crippen molar-refractivity contribution < 1.29 is 18.7 Å². The highest BCUT2D eigenvalue weighted by Crippen LogP contribution is 2.16. The van der Waals surface area contributed by atoms with Crippen molar-refractivity contribution in [3.05, 3.63) is 54.0 Å². The molecule has 1 atom stereocenters. The molecule has 6 nitrogen and oxygen atoms in total. The highest BCUT2D eigenvalue weighted by atomic mass is 16.5. The van der Waals surface area contributed by atoms with Gasteiger partial charge in [0.15, 0.2) is 6.10 Å². The molecule has 25 heavy (non-hydrogen) atoms. The van der Waals surface area contributed by atoms with E-state index in [2.05, 4.69) is 24.1 Å². The summed E-state index contributed by atoms with van der Waals surface area (Å²) in [6.45, 7) is 7.75. The van der Waals surface area contributed by atoms with Gasteiger partial charge in [-0.05, 0) is 57.2 Å². The lowest BCUT2D eigenvalue weighted by atomic mass is 10.2. The Morgan fingerprint density at radius 1 is 1.16 bits per heavy atom. The van der Waals surface area contributed by atoms with Gasteiger partial charge in [-0.25, -0.2) is 4.79 Å². The van der Waals surface area contributed by atoms with E-state index in [4.69, 9.17) is 9.15 Å². The number of ether oxygens (including phenoxy) is 1. The number of carbonyl (C=O) groups is 2. The maximum absolute atomic E-state index is 12.2. The lowest BCUT2D eigenvalue weighted by Gasteiger charge is -2.21. The minimum atomic E-state index is -0.884. The van der Waals surface area contributed by atoms with Gasteiger partial charge in [0.1, 0.15) is 5.76 Å². The first-order valence-corrected chi connectivity index (χ1v) is 8.41. The SMILES string of the molecule is CCN(CC)c1ccc(C(=O)O[C@H](C)C(=O)NCc2ccco2)cc1. The molecule has 0 spiro atoms. The Morgan fingerprint density at radius 3 is 2.40 bits per heavy atom. The number of furan rings is 1. The number of nitrogens with zero attached hydrogens (tertiary/aromatic N) is 1. The molecule has 1 N–H and O–H groups in total. The molecule has 1 amide bonds. The molecule has 0 aliphatic heterocycles. The van der Waals surface area contributed by atoms with Gasteiger partial charge in [-0.1, -0.05) is 0 Å². The second-order valence-corrected chi connectivity index (χ2v) is 5.56. The van der Waals surface area contributed by atoms with Crippen LogP contribution in [-0.2, 0) is 16.1 Å². The largest absolute Gasteiger partial charge is 0.467 e. The van der Waals surface area contributed by atoms with Crippen LogP contribution >= 0.6 is 0 Å². The number of carbonyl (C=O) groups excluding carboxylic acids is 2. The van der Waals surface area contributed by atoms with E-state index in [1.165, 1.54) is 6.26 Å². The molecule has 0 aliphatic rings. The maximum atomic E-state index is 12.2. The van der Waals surface area contributed by atoms with Gasteiger partial charge in [-0.15, -0.1) is 0 Å². The van der Waals surface area contributed by atoms with E-state index in [0.29, 0.717) is 11.3 Å². The van der Waals surface area contributed by atoms with Gasteiger partial charge in [0.05, 0.1) is 18.4 Å². The van der Waals surface area contributed by atoms with Crippen LogP contribution in [0.3, 0.4) is 0 Å². The van der Waals surface area contributed by atoms with E-state index in [1.807, 2.05) is 12.1 Å². The highest BCUT2D eigenvalue weighted by molar-refractivity contribution is 5.92. The molecule has 0 unspecified atom stereocenters. The lowest BCUT2D eigenvalue weighted by Crippen LogP contribution is -2.35. The molecule has 0 saturated carbocycles. The molecule has 0 fully saturated rings. The molecule has 1 aromatic heterocycles. The van der Waals surface area contributed by atoms with Gasteiger partial charge >= 0.3 is 5.97 Å². The van der Waals surface area contributed by atoms with Crippen LogP contribution in [0.1, 0.15) is 36.9 Å². The summed E-state index contributed by atoms with van der Waals surface area (Å²) < 4.78 is 10.4. The first-order valence-electron chi connectivity index (χ1n) is 8.41. The second-order valence-electron chi connectivity index (χ2n) is 5.56. The van der Waals surface area contributed by atoms with Crippen LogP contribution in [0.2, 0.25) is 0 Å². The number of anilines is 1. The van der Waals surface area contributed by atoms with Gasteiger partial charge in [0.25, 0.3) is 5.91 Å². The van der Waals surface area contributed by atoms with Crippen molar-refractivity contribution in [1.82, 2.24) is 5.32 Å². The summed E-state index contributed by atoms with van der Waals surface area (Å²) in [6, 6.07) is 10.7. The quantitative estimate of drug-likeness (QED) is 0.746. The van der Waals surface area contributed by atoms with E-state index >= 15 is 0 Å². The monoisotopic (exact) mass is 344 g/mol. The van der Waals surface area contributed by atoms with Crippen LogP contribution in [0, 0.1) is 0 Å². The zero-order valence-electron chi connectivity index (χ0n) is 14.8. The molecule has 0 aliphatic carbocycles. The molecule has 0 radical (unpaired) electrons. The number of hydrogen-bond acceptors (Lipinski definition) is 5. The van der Waals surface area contributed by atoms with Crippen molar-refractivity contribution >= 4 is 17.6 Å². The molecule has 1 aromatic carbocycles. The van der Waals surface area contributed by atoms with Crippen LogP contribution in [-0.4, -0.2) is 31.1 Å². The zero-order valence-corrected chi connectivity index (χ0v) is 14.8. The Bertz CT molecular complexity index is 676. The van der Waals surface area contributed by atoms with Gasteiger partial charge in [-0.2, -0.15) is 0 Å². The summed E-state index contributed by atoms with van der Waals surface area (Å²) in [5.74, 6) is -0.255. The summed E-state index contributed by atoms with van der Waals surface area (Å²) in [4.78, 5) is 26.3. The summed E-state index contributed by atoms with van der Waals surface area (Å²) in [7, 11) is 0. The molecule has 2 rings (SSSR count). The Labute approximate surface area is 147 Å². The molecule has 0 bridgehead atoms. The number of rotatable bonds is 8. The van der Waals surface area contributed by atoms with Crippen molar-refractivity contribution in [2.45, 2.75) is 33.4 Å². The van der Waals surface area contributed by atoms with Gasteiger partial charge < -0.3 is 19.4 Å². The number of esters is 1. The number of benzene rings is 1. The Kier molecular flexibility index (Phi) is 6.62. The molecule has 2 aromatic rings. The smallest absolute Gasteiger partial charge is 0.338 e. The van der Waals surface area contributed by atoms with E-state index in [0.717, 1.165) is 18.8 Å². The zero-order chi connectivity index (χ0) is 18.2. The van der Waals surface area contributed by atoms with Gasteiger partial charge in [0, 0.05) is 18.8 Å².